The molecule has 0 fully saturated rings. The van der Waals surface area contributed by atoms with Crippen LogP contribution < -0.4 is 9.47 Å². The molecule has 1 N–H and O–H groups in total. The SMILES string of the molecule is CCCOc1cccc(C(O)c2nccnc2OC)c1. The largest absolute Gasteiger partial charge is 0.494 e. The highest BCUT2D eigenvalue weighted by Crippen LogP contribution is 2.28. The molecule has 0 radical (unpaired) electrons. The average Bonchev–Trinajstić information content (AvgIpc) is 2.52. The molecule has 0 aliphatic rings. The highest BCUT2D eigenvalue weighted by Gasteiger charge is 2.18. The molecule has 2 aromatic rings. The number of hydrogen-bond acceptors (Lipinski definition) is 5. The van der Waals surface area contributed by atoms with Crippen LogP contribution in [0, 0.1) is 0 Å². The molecular weight excluding hydrogens is 256 g/mol. The van der Waals surface area contributed by atoms with E-state index in [9.17, 15) is 5.11 Å². The number of methoxy groups -OCH3 is 1. The first-order chi connectivity index (χ1) is 9.76. The van der Waals surface area contributed by atoms with Gasteiger partial charge in [0, 0.05) is 12.4 Å². The fourth-order valence-electron chi connectivity index (χ4n) is 1.83. The second-order valence-corrected chi connectivity index (χ2v) is 4.27. The molecule has 1 aromatic heterocycles. The Morgan fingerprint density at radius 2 is 2.05 bits per heavy atom. The van der Waals surface area contributed by atoms with E-state index in [0.717, 1.165) is 12.2 Å². The molecular formula is C15H18N2O3. The zero-order valence-electron chi connectivity index (χ0n) is 11.6. The van der Waals surface area contributed by atoms with Gasteiger partial charge in [-0.25, -0.2) is 4.98 Å². The number of aliphatic hydroxyl groups excluding tert-OH is 1. The Hall–Kier alpha value is -2.14. The van der Waals surface area contributed by atoms with Gasteiger partial charge >= 0.3 is 0 Å². The van der Waals surface area contributed by atoms with E-state index in [4.69, 9.17) is 9.47 Å². The maximum Gasteiger partial charge on any atom is 0.238 e. The van der Waals surface area contributed by atoms with Gasteiger partial charge in [-0.2, -0.15) is 0 Å². The van der Waals surface area contributed by atoms with Crippen LogP contribution in [0.3, 0.4) is 0 Å². The van der Waals surface area contributed by atoms with Crippen molar-refractivity contribution in [1.82, 2.24) is 9.97 Å². The highest BCUT2D eigenvalue weighted by atomic mass is 16.5. The summed E-state index contributed by atoms with van der Waals surface area (Å²) >= 11 is 0. The number of hydrogen-bond donors (Lipinski definition) is 1. The summed E-state index contributed by atoms with van der Waals surface area (Å²) in [6.45, 7) is 2.69. The molecule has 5 nitrogen and oxygen atoms in total. The highest BCUT2D eigenvalue weighted by molar-refractivity contribution is 5.35. The van der Waals surface area contributed by atoms with Crippen LogP contribution in [0.4, 0.5) is 0 Å². The molecule has 0 amide bonds. The minimum atomic E-state index is -0.899. The minimum Gasteiger partial charge on any atom is -0.494 e. The monoisotopic (exact) mass is 274 g/mol. The summed E-state index contributed by atoms with van der Waals surface area (Å²) in [7, 11) is 1.50. The Labute approximate surface area is 118 Å². The molecule has 20 heavy (non-hydrogen) atoms. The predicted octanol–water partition coefficient (Wildman–Crippen LogP) is 2.36. The molecule has 0 saturated carbocycles. The molecule has 5 heteroatoms. The first-order valence-electron chi connectivity index (χ1n) is 6.52. The first kappa shape index (κ1) is 14.3. The van der Waals surface area contributed by atoms with E-state index in [1.165, 1.54) is 19.5 Å². The van der Waals surface area contributed by atoms with Crippen LogP contribution >= 0.6 is 0 Å². The zero-order chi connectivity index (χ0) is 14.4. The third-order valence-electron chi connectivity index (χ3n) is 2.79. The molecule has 0 saturated heterocycles. The van der Waals surface area contributed by atoms with Gasteiger partial charge in [0.05, 0.1) is 13.7 Å². The van der Waals surface area contributed by atoms with Crippen molar-refractivity contribution in [2.75, 3.05) is 13.7 Å². The number of ether oxygens (including phenoxy) is 2. The minimum absolute atomic E-state index is 0.319. The van der Waals surface area contributed by atoms with Crippen LogP contribution in [0.15, 0.2) is 36.7 Å². The summed E-state index contributed by atoms with van der Waals surface area (Å²) in [6, 6.07) is 7.32. The van der Waals surface area contributed by atoms with Gasteiger partial charge in [-0.05, 0) is 24.1 Å². The van der Waals surface area contributed by atoms with Crippen LogP contribution in [0.1, 0.15) is 30.7 Å². The van der Waals surface area contributed by atoms with Crippen molar-refractivity contribution in [2.45, 2.75) is 19.4 Å². The maximum absolute atomic E-state index is 10.4. The standard InChI is InChI=1S/C15H18N2O3/c1-3-9-20-12-6-4-5-11(10-12)14(18)13-15(19-2)17-8-7-16-13/h4-8,10,14,18H,3,9H2,1-2H3. The van der Waals surface area contributed by atoms with Gasteiger partial charge in [0.25, 0.3) is 0 Å². The lowest BCUT2D eigenvalue weighted by Gasteiger charge is -2.14. The van der Waals surface area contributed by atoms with Gasteiger partial charge in [-0.3, -0.25) is 4.98 Å². The number of rotatable bonds is 6. The molecule has 1 unspecified atom stereocenters. The third kappa shape index (κ3) is 3.24. The van der Waals surface area contributed by atoms with E-state index in [-0.39, 0.29) is 0 Å². The van der Waals surface area contributed by atoms with Crippen LogP contribution in [0.2, 0.25) is 0 Å². The molecule has 0 bridgehead atoms. The van der Waals surface area contributed by atoms with Crippen molar-refractivity contribution in [3.8, 4) is 11.6 Å². The lowest BCUT2D eigenvalue weighted by atomic mass is 10.1. The number of nitrogens with zero attached hydrogens (tertiary/aromatic N) is 2. The normalized spacial score (nSPS) is 11.9. The van der Waals surface area contributed by atoms with Gasteiger partial charge in [-0.1, -0.05) is 19.1 Å². The van der Waals surface area contributed by atoms with Crippen LogP contribution in [0.25, 0.3) is 0 Å². The second-order valence-electron chi connectivity index (χ2n) is 4.27. The van der Waals surface area contributed by atoms with Gasteiger partial charge in [-0.15, -0.1) is 0 Å². The Balaban J connectivity index is 2.26. The topological polar surface area (TPSA) is 64.5 Å². The van der Waals surface area contributed by atoms with Gasteiger partial charge in [0.15, 0.2) is 0 Å². The van der Waals surface area contributed by atoms with Crippen LogP contribution in [-0.2, 0) is 0 Å². The van der Waals surface area contributed by atoms with E-state index < -0.39 is 6.10 Å². The van der Waals surface area contributed by atoms with Gasteiger partial charge in [0.2, 0.25) is 5.88 Å². The number of benzene rings is 1. The first-order valence-corrected chi connectivity index (χ1v) is 6.52. The smallest absolute Gasteiger partial charge is 0.238 e. The van der Waals surface area contributed by atoms with E-state index >= 15 is 0 Å². The van der Waals surface area contributed by atoms with E-state index in [0.29, 0.717) is 23.7 Å². The summed E-state index contributed by atoms with van der Waals surface area (Å²) in [5.41, 5.74) is 1.08. The molecule has 0 spiro atoms. The Kier molecular flexibility index (Phi) is 4.90. The van der Waals surface area contributed by atoms with Crippen LogP contribution in [0.5, 0.6) is 11.6 Å². The van der Waals surface area contributed by atoms with Crippen LogP contribution in [-0.4, -0.2) is 28.8 Å². The molecule has 1 aromatic carbocycles. The van der Waals surface area contributed by atoms with E-state index in [2.05, 4.69) is 9.97 Å². The summed E-state index contributed by atoms with van der Waals surface area (Å²) in [5.74, 6) is 1.05. The molecule has 1 heterocycles. The zero-order valence-corrected chi connectivity index (χ0v) is 11.6. The van der Waals surface area contributed by atoms with Gasteiger partial charge < -0.3 is 14.6 Å². The van der Waals surface area contributed by atoms with Crippen molar-refractivity contribution in [3.63, 3.8) is 0 Å². The van der Waals surface area contributed by atoms with Crippen molar-refractivity contribution in [2.24, 2.45) is 0 Å². The molecule has 0 aliphatic heterocycles. The van der Waals surface area contributed by atoms with Crippen molar-refractivity contribution >= 4 is 0 Å². The van der Waals surface area contributed by atoms with Crippen molar-refractivity contribution in [3.05, 3.63) is 47.9 Å². The molecule has 0 aliphatic carbocycles. The third-order valence-corrected chi connectivity index (χ3v) is 2.79. The quantitative estimate of drug-likeness (QED) is 0.876. The fourth-order valence-corrected chi connectivity index (χ4v) is 1.83. The summed E-state index contributed by atoms with van der Waals surface area (Å²) in [6.07, 6.45) is 3.09. The Morgan fingerprint density at radius 1 is 1.25 bits per heavy atom. The lowest BCUT2D eigenvalue weighted by Crippen LogP contribution is -2.06. The fraction of sp³-hybridized carbons (Fsp3) is 0.333. The molecule has 1 atom stereocenters. The van der Waals surface area contributed by atoms with Crippen molar-refractivity contribution < 1.29 is 14.6 Å². The maximum atomic E-state index is 10.4. The Bertz CT molecular complexity index is 560. The predicted molar refractivity (Wildman–Crippen MR) is 74.9 cm³/mol. The molecule has 106 valence electrons. The molecule has 2 rings (SSSR count). The lowest BCUT2D eigenvalue weighted by molar-refractivity contribution is 0.207. The number of aromatic nitrogens is 2. The van der Waals surface area contributed by atoms with E-state index in [1.54, 1.807) is 6.07 Å². The summed E-state index contributed by atoms with van der Waals surface area (Å²) in [4.78, 5) is 8.18. The summed E-state index contributed by atoms with van der Waals surface area (Å²) in [5, 5.41) is 10.4. The van der Waals surface area contributed by atoms with Gasteiger partial charge in [0.1, 0.15) is 17.5 Å². The number of aliphatic hydroxyl groups is 1. The Morgan fingerprint density at radius 3 is 2.80 bits per heavy atom. The van der Waals surface area contributed by atoms with Crippen molar-refractivity contribution in [1.29, 1.82) is 0 Å². The van der Waals surface area contributed by atoms with E-state index in [1.807, 2.05) is 25.1 Å². The summed E-state index contributed by atoms with van der Waals surface area (Å²) < 4.78 is 10.7. The second kappa shape index (κ2) is 6.86. The average molecular weight is 274 g/mol.